The highest BCUT2D eigenvalue weighted by Gasteiger charge is 2.40. The zero-order chi connectivity index (χ0) is 14.9. The molecular formula is C14H23N3O2S. The second-order valence-electron chi connectivity index (χ2n) is 6.27. The fraction of sp³-hybridized carbons (Fsp3) is 0.714. The summed E-state index contributed by atoms with van der Waals surface area (Å²) in [6, 6.07) is 0.668. The highest BCUT2D eigenvalue weighted by atomic mass is 32.1. The van der Waals surface area contributed by atoms with Gasteiger partial charge in [0.25, 0.3) is 0 Å². The van der Waals surface area contributed by atoms with Crippen LogP contribution in [0.5, 0.6) is 0 Å². The second kappa shape index (κ2) is 5.69. The first-order chi connectivity index (χ1) is 9.24. The van der Waals surface area contributed by atoms with Gasteiger partial charge < -0.3 is 15.4 Å². The monoisotopic (exact) mass is 297 g/mol. The Morgan fingerprint density at radius 3 is 2.75 bits per heavy atom. The van der Waals surface area contributed by atoms with Crippen LogP contribution in [0, 0.1) is 6.92 Å². The molecule has 20 heavy (non-hydrogen) atoms. The number of ether oxygens (including phenoxy) is 1. The maximum absolute atomic E-state index is 11.6. The van der Waals surface area contributed by atoms with E-state index in [1.165, 1.54) is 0 Å². The molecule has 112 valence electrons. The third-order valence-electron chi connectivity index (χ3n) is 3.04. The van der Waals surface area contributed by atoms with Crippen LogP contribution in [0.3, 0.4) is 0 Å². The molecule has 1 aliphatic carbocycles. The molecule has 1 saturated carbocycles. The normalized spacial score (nSPS) is 23.2. The predicted molar refractivity (Wildman–Crippen MR) is 80.0 cm³/mol. The molecule has 1 aliphatic rings. The topological polar surface area (TPSA) is 63.2 Å². The second-order valence-corrected chi connectivity index (χ2v) is 7.34. The largest absolute Gasteiger partial charge is 0.444 e. The zero-order valence-electron chi connectivity index (χ0n) is 12.7. The van der Waals surface area contributed by atoms with Crippen LogP contribution in [0.1, 0.15) is 50.9 Å². The lowest BCUT2D eigenvalue weighted by Gasteiger charge is -2.20. The van der Waals surface area contributed by atoms with Crippen molar-refractivity contribution in [2.75, 3.05) is 0 Å². The quantitative estimate of drug-likeness (QED) is 0.897. The van der Waals surface area contributed by atoms with Crippen LogP contribution in [0.25, 0.3) is 0 Å². The molecule has 0 spiro atoms. The molecule has 0 aromatic carbocycles. The number of nitrogens with one attached hydrogen (secondary N) is 2. The number of aryl methyl sites for hydroxylation is 1. The Hall–Kier alpha value is -1.14. The molecule has 2 rings (SSSR count). The fourth-order valence-corrected chi connectivity index (χ4v) is 2.69. The summed E-state index contributed by atoms with van der Waals surface area (Å²) in [6.07, 6.45) is 0.594. The van der Waals surface area contributed by atoms with Crippen molar-refractivity contribution in [3.8, 4) is 0 Å². The number of thiazole rings is 1. The highest BCUT2D eigenvalue weighted by Crippen LogP contribution is 2.26. The van der Waals surface area contributed by atoms with Gasteiger partial charge >= 0.3 is 6.09 Å². The van der Waals surface area contributed by atoms with E-state index in [2.05, 4.69) is 27.9 Å². The standard InChI is InChI=1S/C14H23N3O2S/c1-8(12-7-20-9(2)16-12)15-10-6-11(10)17-13(18)19-14(3,4)5/h7-8,10-11,15H,6H2,1-5H3,(H,17,18). The van der Waals surface area contributed by atoms with Crippen molar-refractivity contribution >= 4 is 17.4 Å². The van der Waals surface area contributed by atoms with Gasteiger partial charge in [-0.05, 0) is 41.0 Å². The van der Waals surface area contributed by atoms with Gasteiger partial charge in [-0.2, -0.15) is 0 Å². The van der Waals surface area contributed by atoms with E-state index < -0.39 is 5.60 Å². The van der Waals surface area contributed by atoms with Gasteiger partial charge in [0, 0.05) is 23.5 Å². The molecular weight excluding hydrogens is 274 g/mol. The van der Waals surface area contributed by atoms with Crippen molar-refractivity contribution in [2.24, 2.45) is 0 Å². The third kappa shape index (κ3) is 4.45. The molecule has 6 heteroatoms. The van der Waals surface area contributed by atoms with Gasteiger partial charge in [0.05, 0.1) is 10.7 Å². The van der Waals surface area contributed by atoms with Crippen LogP contribution in [0.2, 0.25) is 0 Å². The summed E-state index contributed by atoms with van der Waals surface area (Å²) >= 11 is 1.66. The van der Waals surface area contributed by atoms with Crippen molar-refractivity contribution in [3.05, 3.63) is 16.1 Å². The summed E-state index contributed by atoms with van der Waals surface area (Å²) in [5, 5.41) is 9.51. The average molecular weight is 297 g/mol. The minimum Gasteiger partial charge on any atom is -0.444 e. The molecule has 3 unspecified atom stereocenters. The smallest absolute Gasteiger partial charge is 0.407 e. The van der Waals surface area contributed by atoms with Crippen molar-refractivity contribution in [2.45, 2.75) is 64.8 Å². The SMILES string of the molecule is Cc1nc(C(C)NC2CC2NC(=O)OC(C)(C)C)cs1. The molecule has 1 amide bonds. The predicted octanol–water partition coefficient (Wildman–Crippen LogP) is 2.77. The Bertz CT molecular complexity index is 481. The molecule has 0 aliphatic heterocycles. The van der Waals surface area contributed by atoms with Crippen molar-refractivity contribution in [3.63, 3.8) is 0 Å². The third-order valence-corrected chi connectivity index (χ3v) is 3.83. The van der Waals surface area contributed by atoms with E-state index in [1.807, 2.05) is 27.7 Å². The Morgan fingerprint density at radius 1 is 1.50 bits per heavy atom. The number of amides is 1. The van der Waals surface area contributed by atoms with Gasteiger partial charge in [0.1, 0.15) is 5.60 Å². The van der Waals surface area contributed by atoms with Crippen molar-refractivity contribution < 1.29 is 9.53 Å². The number of carbonyl (C=O) groups excluding carboxylic acids is 1. The van der Waals surface area contributed by atoms with Gasteiger partial charge in [0.2, 0.25) is 0 Å². The summed E-state index contributed by atoms with van der Waals surface area (Å²) < 4.78 is 5.24. The Morgan fingerprint density at radius 2 is 2.20 bits per heavy atom. The van der Waals surface area contributed by atoms with Gasteiger partial charge in [-0.15, -0.1) is 11.3 Å². The molecule has 1 heterocycles. The summed E-state index contributed by atoms with van der Waals surface area (Å²) in [5.41, 5.74) is 0.614. The fourth-order valence-electron chi connectivity index (χ4n) is 1.98. The Balaban J connectivity index is 1.74. The van der Waals surface area contributed by atoms with Gasteiger partial charge in [-0.1, -0.05) is 0 Å². The van der Waals surface area contributed by atoms with Crippen LogP contribution in [0.15, 0.2) is 5.38 Å². The summed E-state index contributed by atoms with van der Waals surface area (Å²) in [5.74, 6) is 0. The number of hydrogen-bond donors (Lipinski definition) is 2. The molecule has 1 fully saturated rings. The minimum absolute atomic E-state index is 0.159. The van der Waals surface area contributed by atoms with Crippen LogP contribution in [-0.2, 0) is 4.74 Å². The van der Waals surface area contributed by atoms with Crippen LogP contribution in [-0.4, -0.2) is 28.8 Å². The number of hydrogen-bond acceptors (Lipinski definition) is 5. The molecule has 0 radical (unpaired) electrons. The molecule has 0 saturated heterocycles. The van der Waals surface area contributed by atoms with Gasteiger partial charge in [-0.3, -0.25) is 0 Å². The van der Waals surface area contributed by atoms with Gasteiger partial charge in [-0.25, -0.2) is 9.78 Å². The van der Waals surface area contributed by atoms with Crippen LogP contribution in [0.4, 0.5) is 4.79 Å². The Kier molecular flexibility index (Phi) is 4.34. The highest BCUT2D eigenvalue weighted by molar-refractivity contribution is 7.09. The average Bonchev–Trinajstić information content (AvgIpc) is 2.83. The maximum Gasteiger partial charge on any atom is 0.407 e. The first-order valence-electron chi connectivity index (χ1n) is 6.92. The van der Waals surface area contributed by atoms with E-state index in [0.29, 0.717) is 6.04 Å². The number of alkyl carbamates (subject to hydrolysis) is 1. The van der Waals surface area contributed by atoms with E-state index in [1.54, 1.807) is 11.3 Å². The van der Waals surface area contributed by atoms with E-state index in [9.17, 15) is 4.79 Å². The van der Waals surface area contributed by atoms with E-state index in [4.69, 9.17) is 4.74 Å². The van der Waals surface area contributed by atoms with E-state index in [0.717, 1.165) is 17.1 Å². The molecule has 2 N–H and O–H groups in total. The van der Waals surface area contributed by atoms with Crippen molar-refractivity contribution in [1.29, 1.82) is 0 Å². The lowest BCUT2D eigenvalue weighted by Crippen LogP contribution is -2.37. The summed E-state index contributed by atoms with van der Waals surface area (Å²) in [7, 11) is 0. The number of aromatic nitrogens is 1. The first kappa shape index (κ1) is 15.3. The van der Waals surface area contributed by atoms with Crippen LogP contribution < -0.4 is 10.6 Å². The molecule has 1 aromatic rings. The maximum atomic E-state index is 11.6. The summed E-state index contributed by atoms with van der Waals surface area (Å²) in [4.78, 5) is 16.1. The lowest BCUT2D eigenvalue weighted by atomic mass is 10.2. The number of rotatable bonds is 4. The minimum atomic E-state index is -0.451. The number of nitrogens with zero attached hydrogens (tertiary/aromatic N) is 1. The number of carbonyl (C=O) groups is 1. The van der Waals surface area contributed by atoms with Crippen molar-refractivity contribution in [1.82, 2.24) is 15.6 Å². The van der Waals surface area contributed by atoms with Crippen LogP contribution >= 0.6 is 11.3 Å². The van der Waals surface area contributed by atoms with E-state index >= 15 is 0 Å². The summed E-state index contributed by atoms with van der Waals surface area (Å²) in [6.45, 7) is 9.69. The molecule has 5 nitrogen and oxygen atoms in total. The molecule has 0 bridgehead atoms. The lowest BCUT2D eigenvalue weighted by molar-refractivity contribution is 0.0522. The molecule has 1 aromatic heterocycles. The molecule has 3 atom stereocenters. The zero-order valence-corrected chi connectivity index (χ0v) is 13.5. The van der Waals surface area contributed by atoms with E-state index in [-0.39, 0.29) is 18.2 Å². The van der Waals surface area contributed by atoms with Gasteiger partial charge in [0.15, 0.2) is 0 Å². The first-order valence-corrected chi connectivity index (χ1v) is 7.80. The Labute approximate surface area is 124 Å².